The molecule has 1 atom stereocenters. The number of guanidine groups is 1. The summed E-state index contributed by atoms with van der Waals surface area (Å²) in [5.74, 6) is 1.70. The van der Waals surface area contributed by atoms with E-state index in [1.165, 1.54) is 5.56 Å². The molecule has 1 aliphatic heterocycles. The summed E-state index contributed by atoms with van der Waals surface area (Å²) in [5.41, 5.74) is 2.26. The smallest absolute Gasteiger partial charge is 0.191 e. The summed E-state index contributed by atoms with van der Waals surface area (Å²) in [5, 5.41) is 6.63. The Hall–Kier alpha value is -1.06. The van der Waals surface area contributed by atoms with Crippen LogP contribution in [0.2, 0.25) is 0 Å². The predicted octanol–water partition coefficient (Wildman–Crippen LogP) is 3.26. The highest BCUT2D eigenvalue weighted by Gasteiger charge is 2.14. The van der Waals surface area contributed by atoms with Crippen LogP contribution < -0.4 is 15.4 Å². The van der Waals surface area contributed by atoms with Gasteiger partial charge in [-0.3, -0.25) is 0 Å². The summed E-state index contributed by atoms with van der Waals surface area (Å²) < 4.78 is 16.7. The minimum Gasteiger partial charge on any atom is -0.496 e. The van der Waals surface area contributed by atoms with Crippen LogP contribution in [0.5, 0.6) is 5.75 Å². The fourth-order valence-electron chi connectivity index (χ4n) is 2.86. The van der Waals surface area contributed by atoms with Gasteiger partial charge in [-0.25, -0.2) is 4.99 Å². The van der Waals surface area contributed by atoms with Gasteiger partial charge in [0.15, 0.2) is 5.96 Å². The maximum Gasteiger partial charge on any atom is 0.191 e. The van der Waals surface area contributed by atoms with Gasteiger partial charge < -0.3 is 24.8 Å². The minimum absolute atomic E-state index is 0. The molecule has 1 unspecified atom stereocenters. The van der Waals surface area contributed by atoms with Crippen LogP contribution in [0.25, 0.3) is 0 Å². The van der Waals surface area contributed by atoms with Gasteiger partial charge in [-0.15, -0.1) is 24.0 Å². The molecule has 0 saturated carbocycles. The molecule has 6 nitrogen and oxygen atoms in total. The standard InChI is InChI=1S/C20H33N3O3.HI/c1-4-21-20(22-10-6-11-25-15-18-7-5-12-26-18)23-14-17-9-8-16(2)13-19(17)24-3;/h8-9,13,18H,4-7,10-12,14-15H2,1-3H3,(H2,21,22,23);1H. The van der Waals surface area contributed by atoms with Crippen molar-refractivity contribution in [3.63, 3.8) is 0 Å². The van der Waals surface area contributed by atoms with Crippen LogP contribution in [0.15, 0.2) is 23.2 Å². The number of rotatable bonds is 10. The molecule has 1 aromatic rings. The van der Waals surface area contributed by atoms with E-state index in [1.807, 2.05) is 6.07 Å². The molecule has 0 aliphatic carbocycles. The molecule has 2 N–H and O–H groups in total. The Balaban J connectivity index is 0.00000364. The van der Waals surface area contributed by atoms with E-state index in [4.69, 9.17) is 14.2 Å². The van der Waals surface area contributed by atoms with Crippen LogP contribution in [0.1, 0.15) is 37.3 Å². The van der Waals surface area contributed by atoms with E-state index in [2.05, 4.69) is 41.6 Å². The maximum absolute atomic E-state index is 5.69. The van der Waals surface area contributed by atoms with Crippen molar-refractivity contribution in [3.8, 4) is 5.75 Å². The highest BCUT2D eigenvalue weighted by atomic mass is 127. The summed E-state index contributed by atoms with van der Waals surface area (Å²) in [6.45, 7) is 8.67. The second-order valence-corrected chi connectivity index (χ2v) is 6.50. The van der Waals surface area contributed by atoms with Gasteiger partial charge in [0.25, 0.3) is 0 Å². The number of aliphatic imine (C=N–C) groups is 1. The summed E-state index contributed by atoms with van der Waals surface area (Å²) in [6, 6.07) is 6.19. The molecule has 7 heteroatoms. The highest BCUT2D eigenvalue weighted by molar-refractivity contribution is 14.0. The van der Waals surface area contributed by atoms with Crippen molar-refractivity contribution in [2.24, 2.45) is 4.99 Å². The van der Waals surface area contributed by atoms with Gasteiger partial charge in [-0.1, -0.05) is 12.1 Å². The minimum atomic E-state index is 0. The molecule has 0 bridgehead atoms. The molecule has 27 heavy (non-hydrogen) atoms. The van der Waals surface area contributed by atoms with E-state index in [1.54, 1.807) is 7.11 Å². The lowest BCUT2D eigenvalue weighted by molar-refractivity contribution is 0.0168. The Morgan fingerprint density at radius 1 is 1.33 bits per heavy atom. The monoisotopic (exact) mass is 491 g/mol. The molecule has 0 spiro atoms. The Morgan fingerprint density at radius 2 is 2.19 bits per heavy atom. The van der Waals surface area contributed by atoms with Crippen molar-refractivity contribution in [3.05, 3.63) is 29.3 Å². The lowest BCUT2D eigenvalue weighted by Gasteiger charge is -2.13. The van der Waals surface area contributed by atoms with Gasteiger partial charge in [-0.2, -0.15) is 0 Å². The molecular weight excluding hydrogens is 457 g/mol. The van der Waals surface area contributed by atoms with E-state index < -0.39 is 0 Å². The van der Waals surface area contributed by atoms with Gasteiger partial charge in [-0.05, 0) is 44.7 Å². The lowest BCUT2D eigenvalue weighted by Crippen LogP contribution is -2.38. The van der Waals surface area contributed by atoms with Gasteiger partial charge in [0, 0.05) is 31.9 Å². The zero-order valence-corrected chi connectivity index (χ0v) is 19.1. The number of aryl methyl sites for hydroxylation is 1. The second kappa shape index (κ2) is 14.0. The molecule has 154 valence electrons. The van der Waals surface area contributed by atoms with E-state index in [0.717, 1.165) is 62.8 Å². The summed E-state index contributed by atoms with van der Waals surface area (Å²) in [6.07, 6.45) is 3.51. The first-order valence-electron chi connectivity index (χ1n) is 9.58. The van der Waals surface area contributed by atoms with Crippen LogP contribution in [-0.2, 0) is 16.0 Å². The van der Waals surface area contributed by atoms with E-state index in [9.17, 15) is 0 Å². The fourth-order valence-corrected chi connectivity index (χ4v) is 2.86. The molecular formula is C20H34IN3O3. The largest absolute Gasteiger partial charge is 0.496 e. The molecule has 0 amide bonds. The summed E-state index contributed by atoms with van der Waals surface area (Å²) in [7, 11) is 1.70. The Labute approximate surface area is 180 Å². The molecule has 1 aromatic carbocycles. The van der Waals surface area contributed by atoms with Crippen LogP contribution in [0, 0.1) is 6.92 Å². The van der Waals surface area contributed by atoms with Crippen LogP contribution in [0.3, 0.4) is 0 Å². The van der Waals surface area contributed by atoms with E-state index in [0.29, 0.717) is 19.3 Å². The molecule has 1 heterocycles. The molecule has 1 aliphatic rings. The summed E-state index contributed by atoms with van der Waals surface area (Å²) >= 11 is 0. The number of methoxy groups -OCH3 is 1. The topological polar surface area (TPSA) is 64.1 Å². The van der Waals surface area contributed by atoms with Crippen LogP contribution >= 0.6 is 24.0 Å². The van der Waals surface area contributed by atoms with Crippen LogP contribution in [0.4, 0.5) is 0 Å². The lowest BCUT2D eigenvalue weighted by atomic mass is 10.1. The average Bonchev–Trinajstić information content (AvgIpc) is 3.16. The molecule has 0 aromatic heterocycles. The van der Waals surface area contributed by atoms with Crippen molar-refractivity contribution in [2.75, 3.05) is 40.0 Å². The van der Waals surface area contributed by atoms with Crippen molar-refractivity contribution in [2.45, 2.75) is 45.8 Å². The quantitative estimate of drug-likeness (QED) is 0.228. The van der Waals surface area contributed by atoms with Crippen molar-refractivity contribution in [1.29, 1.82) is 0 Å². The fraction of sp³-hybridized carbons (Fsp3) is 0.650. The van der Waals surface area contributed by atoms with Crippen molar-refractivity contribution in [1.82, 2.24) is 10.6 Å². The first-order chi connectivity index (χ1) is 12.7. The number of nitrogens with zero attached hydrogens (tertiary/aromatic N) is 1. The SMILES string of the molecule is CCNC(=NCc1ccc(C)cc1OC)NCCCOCC1CCCO1.I. The van der Waals surface area contributed by atoms with E-state index in [-0.39, 0.29) is 24.0 Å². The third-order valence-electron chi connectivity index (χ3n) is 4.28. The van der Waals surface area contributed by atoms with Gasteiger partial charge >= 0.3 is 0 Å². The molecule has 1 saturated heterocycles. The third kappa shape index (κ3) is 9.12. The predicted molar refractivity (Wildman–Crippen MR) is 120 cm³/mol. The number of halogens is 1. The number of hydrogen-bond acceptors (Lipinski definition) is 4. The Morgan fingerprint density at radius 3 is 2.89 bits per heavy atom. The van der Waals surface area contributed by atoms with Crippen LogP contribution in [-0.4, -0.2) is 52.1 Å². The second-order valence-electron chi connectivity index (χ2n) is 6.50. The highest BCUT2D eigenvalue weighted by Crippen LogP contribution is 2.20. The molecule has 0 radical (unpaired) electrons. The zero-order valence-electron chi connectivity index (χ0n) is 16.8. The van der Waals surface area contributed by atoms with E-state index >= 15 is 0 Å². The number of hydrogen-bond donors (Lipinski definition) is 2. The van der Waals surface area contributed by atoms with Crippen molar-refractivity contribution < 1.29 is 14.2 Å². The van der Waals surface area contributed by atoms with Gasteiger partial charge in [0.1, 0.15) is 5.75 Å². The normalized spacial score (nSPS) is 16.7. The number of nitrogens with one attached hydrogen (secondary N) is 2. The summed E-state index contributed by atoms with van der Waals surface area (Å²) in [4.78, 5) is 4.66. The first kappa shape index (κ1) is 24.0. The number of ether oxygens (including phenoxy) is 3. The zero-order chi connectivity index (χ0) is 18.6. The molecule has 2 rings (SSSR count). The van der Waals surface area contributed by atoms with Gasteiger partial charge in [0.05, 0.1) is 26.4 Å². The maximum atomic E-state index is 5.69. The van der Waals surface area contributed by atoms with Gasteiger partial charge in [0.2, 0.25) is 0 Å². The average molecular weight is 491 g/mol. The molecule has 1 fully saturated rings. The third-order valence-corrected chi connectivity index (χ3v) is 4.28. The number of benzene rings is 1. The first-order valence-corrected chi connectivity index (χ1v) is 9.58. The Bertz CT molecular complexity index is 563. The van der Waals surface area contributed by atoms with Crippen molar-refractivity contribution >= 4 is 29.9 Å². The Kier molecular flexibility index (Phi) is 12.4.